The number of ether oxygens (including phenoxy) is 1. The number of oxazole rings is 1. The molecule has 1 fully saturated rings. The van der Waals surface area contributed by atoms with E-state index < -0.39 is 0 Å². The fourth-order valence-electron chi connectivity index (χ4n) is 2.24. The molecule has 0 atom stereocenters. The van der Waals surface area contributed by atoms with E-state index in [-0.39, 0.29) is 12.5 Å². The van der Waals surface area contributed by atoms with E-state index in [4.69, 9.17) is 9.15 Å². The average molecular weight is 305 g/mol. The van der Waals surface area contributed by atoms with Gasteiger partial charge in [-0.3, -0.25) is 9.48 Å². The molecular formula is C14H19N5O3. The summed E-state index contributed by atoms with van der Waals surface area (Å²) in [6, 6.07) is 1.82. The molecule has 0 spiro atoms. The number of rotatable bonds is 5. The van der Waals surface area contributed by atoms with Gasteiger partial charge in [-0.15, -0.1) is 0 Å². The molecule has 0 saturated carbocycles. The Morgan fingerprint density at radius 3 is 2.95 bits per heavy atom. The van der Waals surface area contributed by atoms with Crippen molar-refractivity contribution in [3.05, 3.63) is 30.1 Å². The number of hydrogen-bond acceptors (Lipinski definition) is 6. The molecule has 1 aliphatic heterocycles. The van der Waals surface area contributed by atoms with Gasteiger partial charge < -0.3 is 19.4 Å². The summed E-state index contributed by atoms with van der Waals surface area (Å²) in [6.45, 7) is 5.05. The van der Waals surface area contributed by atoms with E-state index in [0.29, 0.717) is 44.6 Å². The lowest BCUT2D eigenvalue weighted by Crippen LogP contribution is -2.42. The van der Waals surface area contributed by atoms with Crippen molar-refractivity contribution >= 4 is 11.7 Å². The van der Waals surface area contributed by atoms with E-state index in [0.717, 1.165) is 5.76 Å². The molecule has 1 N–H and O–H groups in total. The lowest BCUT2D eigenvalue weighted by Gasteiger charge is -2.26. The zero-order valence-corrected chi connectivity index (χ0v) is 12.5. The van der Waals surface area contributed by atoms with Crippen LogP contribution in [0.5, 0.6) is 0 Å². The van der Waals surface area contributed by atoms with Crippen LogP contribution >= 0.6 is 0 Å². The van der Waals surface area contributed by atoms with Crippen LogP contribution in [0.2, 0.25) is 0 Å². The van der Waals surface area contributed by atoms with E-state index in [2.05, 4.69) is 15.4 Å². The lowest BCUT2D eigenvalue weighted by atomic mass is 10.4. The first-order valence-electron chi connectivity index (χ1n) is 7.25. The average Bonchev–Trinajstić information content (AvgIpc) is 3.15. The zero-order valence-electron chi connectivity index (χ0n) is 12.5. The van der Waals surface area contributed by atoms with Crippen molar-refractivity contribution < 1.29 is 13.9 Å². The second kappa shape index (κ2) is 6.61. The van der Waals surface area contributed by atoms with Gasteiger partial charge in [0.25, 0.3) is 0 Å². The van der Waals surface area contributed by atoms with E-state index in [1.807, 2.05) is 13.0 Å². The Bertz CT molecular complexity index is 630. The van der Waals surface area contributed by atoms with Gasteiger partial charge in [0.1, 0.15) is 18.1 Å². The SMILES string of the molecule is Cc1cnc(CNc2ccn(CC(=O)N3CCOCC3)n2)o1. The van der Waals surface area contributed by atoms with E-state index in [1.54, 1.807) is 22.0 Å². The molecule has 0 radical (unpaired) electrons. The minimum atomic E-state index is 0.0567. The third-order valence-corrected chi connectivity index (χ3v) is 3.39. The first kappa shape index (κ1) is 14.6. The fraction of sp³-hybridized carbons (Fsp3) is 0.500. The highest BCUT2D eigenvalue weighted by Gasteiger charge is 2.17. The largest absolute Gasteiger partial charge is 0.444 e. The number of morpholine rings is 1. The second-order valence-corrected chi connectivity index (χ2v) is 5.11. The Kier molecular flexibility index (Phi) is 4.38. The first-order valence-corrected chi connectivity index (χ1v) is 7.25. The molecule has 8 nitrogen and oxygen atoms in total. The number of aromatic nitrogens is 3. The summed E-state index contributed by atoms with van der Waals surface area (Å²) in [5.41, 5.74) is 0. The summed E-state index contributed by atoms with van der Waals surface area (Å²) in [4.78, 5) is 18.0. The van der Waals surface area contributed by atoms with Gasteiger partial charge in [0.15, 0.2) is 0 Å². The topological polar surface area (TPSA) is 85.4 Å². The Hall–Kier alpha value is -2.35. The number of aryl methyl sites for hydroxylation is 1. The molecular weight excluding hydrogens is 286 g/mol. The molecule has 1 amide bonds. The van der Waals surface area contributed by atoms with E-state index in [1.165, 1.54) is 0 Å². The van der Waals surface area contributed by atoms with Crippen molar-refractivity contribution in [1.82, 2.24) is 19.7 Å². The lowest BCUT2D eigenvalue weighted by molar-refractivity contribution is -0.136. The molecule has 1 aliphatic rings. The van der Waals surface area contributed by atoms with Crippen LogP contribution in [0.1, 0.15) is 11.7 Å². The van der Waals surface area contributed by atoms with Gasteiger partial charge in [-0.05, 0) is 6.92 Å². The monoisotopic (exact) mass is 305 g/mol. The maximum absolute atomic E-state index is 12.1. The van der Waals surface area contributed by atoms with Crippen LogP contribution in [0.25, 0.3) is 0 Å². The number of hydrogen-bond donors (Lipinski definition) is 1. The Balaban J connectivity index is 1.51. The van der Waals surface area contributed by atoms with Gasteiger partial charge in [0.2, 0.25) is 11.8 Å². The van der Waals surface area contributed by atoms with Crippen LogP contribution in [-0.2, 0) is 22.6 Å². The first-order chi connectivity index (χ1) is 10.7. The Morgan fingerprint density at radius 1 is 1.41 bits per heavy atom. The van der Waals surface area contributed by atoms with Crippen LogP contribution in [0.4, 0.5) is 5.82 Å². The predicted octanol–water partition coefficient (Wildman–Crippen LogP) is 0.650. The number of anilines is 1. The van der Waals surface area contributed by atoms with Gasteiger partial charge in [-0.1, -0.05) is 0 Å². The van der Waals surface area contributed by atoms with E-state index >= 15 is 0 Å². The molecule has 0 aromatic carbocycles. The molecule has 3 heterocycles. The number of nitrogens with one attached hydrogen (secondary N) is 1. The molecule has 0 unspecified atom stereocenters. The van der Waals surface area contributed by atoms with Crippen molar-refractivity contribution in [2.45, 2.75) is 20.0 Å². The maximum atomic E-state index is 12.1. The highest BCUT2D eigenvalue weighted by molar-refractivity contribution is 5.76. The van der Waals surface area contributed by atoms with Gasteiger partial charge in [-0.2, -0.15) is 5.10 Å². The van der Waals surface area contributed by atoms with Gasteiger partial charge in [0, 0.05) is 25.4 Å². The van der Waals surface area contributed by atoms with Crippen LogP contribution in [0.15, 0.2) is 22.9 Å². The zero-order chi connectivity index (χ0) is 15.4. The molecule has 118 valence electrons. The standard InChI is InChI=1S/C14H19N5O3/c1-11-8-16-13(22-11)9-15-12-2-3-19(17-12)10-14(20)18-4-6-21-7-5-18/h2-3,8H,4-7,9-10H2,1H3,(H,15,17). The molecule has 8 heteroatoms. The van der Waals surface area contributed by atoms with Crippen LogP contribution in [0.3, 0.4) is 0 Å². The smallest absolute Gasteiger partial charge is 0.244 e. The van der Waals surface area contributed by atoms with Gasteiger partial charge >= 0.3 is 0 Å². The highest BCUT2D eigenvalue weighted by Crippen LogP contribution is 2.08. The van der Waals surface area contributed by atoms with Crippen molar-refractivity contribution in [3.8, 4) is 0 Å². The maximum Gasteiger partial charge on any atom is 0.244 e. The summed E-state index contributed by atoms with van der Waals surface area (Å²) < 4.78 is 12.2. The molecule has 1 saturated heterocycles. The van der Waals surface area contributed by atoms with Crippen molar-refractivity contribution in [3.63, 3.8) is 0 Å². The van der Waals surface area contributed by atoms with Gasteiger partial charge in [-0.25, -0.2) is 4.98 Å². The second-order valence-electron chi connectivity index (χ2n) is 5.11. The number of nitrogens with zero attached hydrogens (tertiary/aromatic N) is 4. The Morgan fingerprint density at radius 2 is 2.23 bits per heavy atom. The van der Waals surface area contributed by atoms with Crippen LogP contribution in [0, 0.1) is 6.92 Å². The Labute approximate surface area is 128 Å². The summed E-state index contributed by atoms with van der Waals surface area (Å²) in [5.74, 6) is 2.13. The summed E-state index contributed by atoms with van der Waals surface area (Å²) in [5, 5.41) is 7.44. The summed E-state index contributed by atoms with van der Waals surface area (Å²) >= 11 is 0. The molecule has 0 aliphatic carbocycles. The third kappa shape index (κ3) is 3.64. The molecule has 2 aromatic heterocycles. The quantitative estimate of drug-likeness (QED) is 0.873. The van der Waals surface area contributed by atoms with Crippen molar-refractivity contribution in [1.29, 1.82) is 0 Å². The van der Waals surface area contributed by atoms with Crippen LogP contribution < -0.4 is 5.32 Å². The van der Waals surface area contributed by atoms with Crippen LogP contribution in [-0.4, -0.2) is 51.9 Å². The third-order valence-electron chi connectivity index (χ3n) is 3.39. The molecule has 3 rings (SSSR count). The highest BCUT2D eigenvalue weighted by atomic mass is 16.5. The predicted molar refractivity (Wildman–Crippen MR) is 78.2 cm³/mol. The minimum Gasteiger partial charge on any atom is -0.444 e. The number of amides is 1. The molecule has 22 heavy (non-hydrogen) atoms. The fourth-order valence-corrected chi connectivity index (χ4v) is 2.24. The molecule has 0 bridgehead atoms. The van der Waals surface area contributed by atoms with E-state index in [9.17, 15) is 4.79 Å². The minimum absolute atomic E-state index is 0.0567. The van der Waals surface area contributed by atoms with Crippen molar-refractivity contribution in [2.75, 3.05) is 31.6 Å². The number of carbonyl (C=O) groups excluding carboxylic acids is 1. The normalized spacial score (nSPS) is 15.0. The van der Waals surface area contributed by atoms with Crippen molar-refractivity contribution in [2.24, 2.45) is 0 Å². The molecule has 2 aromatic rings. The summed E-state index contributed by atoms with van der Waals surface area (Å²) in [7, 11) is 0. The number of carbonyl (C=O) groups is 1. The van der Waals surface area contributed by atoms with Gasteiger partial charge in [0.05, 0.1) is 26.0 Å². The summed E-state index contributed by atoms with van der Waals surface area (Å²) in [6.07, 6.45) is 3.46.